The number of allylic oxidation sites excluding steroid dienone is 2. The highest BCUT2D eigenvalue weighted by atomic mass is 32.2. The first kappa shape index (κ1) is 11.8. The van der Waals surface area contributed by atoms with E-state index in [0.29, 0.717) is 0 Å². The van der Waals surface area contributed by atoms with Crippen molar-refractivity contribution >= 4 is 45.6 Å². The van der Waals surface area contributed by atoms with Gasteiger partial charge in [-0.2, -0.15) is 0 Å². The van der Waals surface area contributed by atoms with Gasteiger partial charge >= 0.3 is 0 Å². The predicted octanol–water partition coefficient (Wildman–Crippen LogP) is 4.51. The molecule has 0 saturated heterocycles. The molecule has 0 radical (unpaired) electrons. The lowest BCUT2D eigenvalue weighted by molar-refractivity contribution is 0.692. The van der Waals surface area contributed by atoms with Crippen molar-refractivity contribution in [3.05, 3.63) is 66.7 Å². The number of hydrogen-bond donors (Lipinski definition) is 0. The van der Waals surface area contributed by atoms with Crippen molar-refractivity contribution in [2.24, 2.45) is 0 Å². The summed E-state index contributed by atoms with van der Waals surface area (Å²) in [6.07, 6.45) is 7.86. The van der Waals surface area contributed by atoms with Crippen molar-refractivity contribution in [1.82, 2.24) is 0 Å². The second kappa shape index (κ2) is 5.18. The molecular formula is C14H10OS3. The SMILES string of the molecule is O=S1/C(=C/c2cccs2)C=C/C1=C\c1cccs1. The van der Waals surface area contributed by atoms with Crippen LogP contribution in [0, 0.1) is 0 Å². The summed E-state index contributed by atoms with van der Waals surface area (Å²) >= 11 is 3.31. The third-order valence-corrected chi connectivity index (χ3v) is 5.50. The molecule has 1 aliphatic heterocycles. The third kappa shape index (κ3) is 2.46. The molecule has 0 atom stereocenters. The summed E-state index contributed by atoms with van der Waals surface area (Å²) in [5.74, 6) is 0. The van der Waals surface area contributed by atoms with E-state index in [0.717, 1.165) is 19.6 Å². The van der Waals surface area contributed by atoms with E-state index >= 15 is 0 Å². The molecule has 3 heterocycles. The molecule has 1 nitrogen and oxygen atoms in total. The molecule has 0 amide bonds. The highest BCUT2D eigenvalue weighted by molar-refractivity contribution is 7.94. The van der Waals surface area contributed by atoms with Gasteiger partial charge in [-0.15, -0.1) is 22.7 Å². The van der Waals surface area contributed by atoms with E-state index in [9.17, 15) is 4.21 Å². The lowest BCUT2D eigenvalue weighted by Gasteiger charge is -1.95. The molecule has 0 bridgehead atoms. The van der Waals surface area contributed by atoms with Crippen LogP contribution < -0.4 is 0 Å². The summed E-state index contributed by atoms with van der Waals surface area (Å²) in [7, 11) is -1.04. The second-order valence-corrected chi connectivity index (χ2v) is 7.17. The minimum absolute atomic E-state index is 0.875. The lowest BCUT2D eigenvalue weighted by Crippen LogP contribution is -1.87. The maximum absolute atomic E-state index is 12.3. The third-order valence-electron chi connectivity index (χ3n) is 2.50. The molecule has 0 aliphatic carbocycles. The zero-order valence-corrected chi connectivity index (χ0v) is 11.9. The number of thiophene rings is 2. The molecule has 0 spiro atoms. The van der Waals surface area contributed by atoms with Gasteiger partial charge in [0.2, 0.25) is 0 Å². The first-order chi connectivity index (χ1) is 8.83. The van der Waals surface area contributed by atoms with Gasteiger partial charge in [0.05, 0.1) is 10.8 Å². The van der Waals surface area contributed by atoms with E-state index in [4.69, 9.17) is 0 Å². The molecule has 2 aromatic heterocycles. The summed E-state index contributed by atoms with van der Waals surface area (Å²) in [4.78, 5) is 4.03. The standard InChI is InChI=1S/C14H10OS3/c15-18-13(9-11-3-1-7-16-11)5-6-14(18)10-12-4-2-8-17-12/h1-10H/b13-9+,14-10+. The molecular weight excluding hydrogens is 280 g/mol. The molecule has 0 unspecified atom stereocenters. The van der Waals surface area contributed by atoms with Gasteiger partial charge in [-0.3, -0.25) is 0 Å². The topological polar surface area (TPSA) is 17.1 Å². The minimum Gasteiger partial charge on any atom is -0.249 e. The van der Waals surface area contributed by atoms with Gasteiger partial charge in [-0.25, -0.2) is 4.21 Å². The fraction of sp³-hybridized carbons (Fsp3) is 0. The van der Waals surface area contributed by atoms with Crippen LogP contribution in [0.15, 0.2) is 57.0 Å². The van der Waals surface area contributed by atoms with E-state index in [1.165, 1.54) is 0 Å². The fourth-order valence-electron chi connectivity index (χ4n) is 1.65. The van der Waals surface area contributed by atoms with Crippen molar-refractivity contribution < 1.29 is 4.21 Å². The van der Waals surface area contributed by atoms with Crippen LogP contribution in [0.1, 0.15) is 9.75 Å². The Kier molecular flexibility index (Phi) is 3.41. The van der Waals surface area contributed by atoms with Gasteiger partial charge in [-0.1, -0.05) is 12.1 Å². The van der Waals surface area contributed by atoms with Crippen molar-refractivity contribution in [3.63, 3.8) is 0 Å². The zero-order chi connectivity index (χ0) is 12.4. The lowest BCUT2D eigenvalue weighted by atomic mass is 10.3. The van der Waals surface area contributed by atoms with Gasteiger partial charge in [0.1, 0.15) is 0 Å². The summed E-state index contributed by atoms with van der Waals surface area (Å²) in [5.41, 5.74) is 0. The van der Waals surface area contributed by atoms with E-state index in [2.05, 4.69) is 0 Å². The van der Waals surface area contributed by atoms with E-state index in [-0.39, 0.29) is 0 Å². The Labute approximate surface area is 116 Å². The van der Waals surface area contributed by atoms with Crippen LogP contribution >= 0.6 is 22.7 Å². The Bertz CT molecular complexity index is 587. The Morgan fingerprint density at radius 2 is 1.39 bits per heavy atom. The summed E-state index contributed by atoms with van der Waals surface area (Å²) < 4.78 is 12.3. The van der Waals surface area contributed by atoms with Crippen LogP contribution in [0.4, 0.5) is 0 Å². The first-order valence-electron chi connectivity index (χ1n) is 5.43. The Morgan fingerprint density at radius 3 is 1.78 bits per heavy atom. The zero-order valence-electron chi connectivity index (χ0n) is 9.41. The first-order valence-corrected chi connectivity index (χ1v) is 8.34. The van der Waals surface area contributed by atoms with E-state index in [1.54, 1.807) is 22.7 Å². The number of rotatable bonds is 2. The fourth-order valence-corrected chi connectivity index (χ4v) is 4.26. The molecule has 0 N–H and O–H groups in total. The maximum Gasteiger partial charge on any atom is 0.0850 e. The van der Waals surface area contributed by atoms with Crippen LogP contribution in [0.2, 0.25) is 0 Å². The van der Waals surface area contributed by atoms with Crippen molar-refractivity contribution in [2.75, 3.05) is 0 Å². The highest BCUT2D eigenvalue weighted by Crippen LogP contribution is 2.28. The average molecular weight is 290 g/mol. The quantitative estimate of drug-likeness (QED) is 0.795. The molecule has 0 fully saturated rings. The molecule has 18 heavy (non-hydrogen) atoms. The molecule has 1 aliphatic rings. The molecule has 0 saturated carbocycles. The van der Waals surface area contributed by atoms with Crippen LogP contribution in [0.3, 0.4) is 0 Å². The van der Waals surface area contributed by atoms with Crippen LogP contribution in [0.5, 0.6) is 0 Å². The summed E-state index contributed by atoms with van der Waals surface area (Å²) in [5, 5.41) is 4.05. The minimum atomic E-state index is -1.04. The van der Waals surface area contributed by atoms with Gasteiger partial charge in [-0.05, 0) is 47.2 Å². The van der Waals surface area contributed by atoms with Gasteiger partial charge in [0.15, 0.2) is 0 Å². The van der Waals surface area contributed by atoms with Crippen LogP contribution in [-0.2, 0) is 10.8 Å². The normalized spacial score (nSPS) is 23.2. The van der Waals surface area contributed by atoms with Crippen LogP contribution in [-0.4, -0.2) is 4.21 Å². The Hall–Kier alpha value is -1.23. The number of hydrogen-bond acceptors (Lipinski definition) is 3. The Balaban J connectivity index is 1.88. The molecule has 2 aromatic rings. The maximum atomic E-state index is 12.3. The highest BCUT2D eigenvalue weighted by Gasteiger charge is 2.15. The molecule has 3 rings (SSSR count). The van der Waals surface area contributed by atoms with Crippen molar-refractivity contribution in [2.45, 2.75) is 0 Å². The largest absolute Gasteiger partial charge is 0.249 e. The second-order valence-electron chi connectivity index (χ2n) is 3.73. The molecule has 4 heteroatoms. The predicted molar refractivity (Wildman–Crippen MR) is 81.9 cm³/mol. The monoisotopic (exact) mass is 290 g/mol. The van der Waals surface area contributed by atoms with Gasteiger partial charge in [0, 0.05) is 19.6 Å². The summed E-state index contributed by atoms with van der Waals surface area (Å²) in [6, 6.07) is 8.06. The van der Waals surface area contributed by atoms with E-state index < -0.39 is 10.8 Å². The summed E-state index contributed by atoms with van der Waals surface area (Å²) in [6.45, 7) is 0. The van der Waals surface area contributed by atoms with Gasteiger partial charge < -0.3 is 0 Å². The van der Waals surface area contributed by atoms with Crippen LogP contribution in [0.25, 0.3) is 12.2 Å². The van der Waals surface area contributed by atoms with Gasteiger partial charge in [0.25, 0.3) is 0 Å². The molecule has 0 aromatic carbocycles. The van der Waals surface area contributed by atoms with E-state index in [1.807, 2.05) is 59.3 Å². The smallest absolute Gasteiger partial charge is 0.0850 e. The average Bonchev–Trinajstić information content (AvgIpc) is 3.08. The Morgan fingerprint density at radius 1 is 0.889 bits per heavy atom. The van der Waals surface area contributed by atoms with Crippen molar-refractivity contribution in [3.8, 4) is 0 Å². The van der Waals surface area contributed by atoms with Crippen molar-refractivity contribution in [1.29, 1.82) is 0 Å². The molecule has 90 valence electrons.